The Morgan fingerprint density at radius 2 is 1.15 bits per heavy atom. The smallest absolute Gasteiger partial charge is 0.407 e. The van der Waals surface area contributed by atoms with E-state index in [1.807, 2.05) is 152 Å². The standard InChI is InChI=1S/C50H44N4O6/c1-59-48(57)45(30-46(55)54-50(34-17-5-2-6-18-34,35-19-7-3-8-20-35)36-21-9-4-10-22-36)52-47(56)44(29-33-31-51-43-28-16-15-23-37(33)43)53-49(58)60-32-42-40-26-13-11-24-38(40)39-25-12-14-27-41(39)42/h2-28,31,42,44-45,51H,29-30,32H2,1H3,(H,52,56)(H,53,58)(H,54,55)/t44-,45-/m0/s1. The molecule has 6 aromatic carbocycles. The van der Waals surface area contributed by atoms with Crippen LogP contribution in [-0.2, 0) is 35.8 Å². The minimum atomic E-state index is -1.41. The summed E-state index contributed by atoms with van der Waals surface area (Å²) in [4.78, 5) is 59.0. The Balaban J connectivity index is 1.05. The second-order valence-corrected chi connectivity index (χ2v) is 14.8. The van der Waals surface area contributed by atoms with E-state index < -0.39 is 47.9 Å². The van der Waals surface area contributed by atoms with Crippen LogP contribution in [0.25, 0.3) is 22.0 Å². The highest BCUT2D eigenvalue weighted by Crippen LogP contribution is 2.44. The molecular weight excluding hydrogens is 753 g/mol. The molecule has 0 spiro atoms. The predicted molar refractivity (Wildman–Crippen MR) is 230 cm³/mol. The lowest BCUT2D eigenvalue weighted by atomic mass is 9.77. The van der Waals surface area contributed by atoms with Crippen LogP contribution in [0.3, 0.4) is 0 Å². The van der Waals surface area contributed by atoms with Crippen LogP contribution in [-0.4, -0.2) is 54.7 Å². The largest absolute Gasteiger partial charge is 0.467 e. The molecule has 0 aliphatic heterocycles. The van der Waals surface area contributed by atoms with Crippen LogP contribution in [0, 0.1) is 0 Å². The number of rotatable bonds is 14. The van der Waals surface area contributed by atoms with E-state index >= 15 is 0 Å². The summed E-state index contributed by atoms with van der Waals surface area (Å²) < 4.78 is 11.0. The van der Waals surface area contributed by atoms with Crippen LogP contribution >= 0.6 is 0 Å². The number of nitrogens with one attached hydrogen (secondary N) is 4. The SMILES string of the molecule is COC(=O)[C@H](CC(=O)NC(c1ccccc1)(c1ccccc1)c1ccccc1)NC(=O)[C@H](Cc1c[nH]c2ccccc12)NC(=O)OCC1c2ccccc2-c2ccccc21. The molecule has 0 bridgehead atoms. The minimum Gasteiger partial charge on any atom is -0.467 e. The highest BCUT2D eigenvalue weighted by Gasteiger charge is 2.39. The molecule has 10 heteroatoms. The van der Waals surface area contributed by atoms with Gasteiger partial charge in [-0.05, 0) is 50.6 Å². The fourth-order valence-corrected chi connectivity index (χ4v) is 8.35. The van der Waals surface area contributed by atoms with E-state index in [1.54, 1.807) is 6.20 Å². The van der Waals surface area contributed by atoms with Gasteiger partial charge in [-0.25, -0.2) is 9.59 Å². The summed E-state index contributed by atoms with van der Waals surface area (Å²) in [6, 6.07) is 49.8. The van der Waals surface area contributed by atoms with E-state index in [0.29, 0.717) is 0 Å². The normalized spacial score (nSPS) is 13.0. The molecule has 60 heavy (non-hydrogen) atoms. The molecule has 0 radical (unpaired) electrons. The summed E-state index contributed by atoms with van der Waals surface area (Å²) >= 11 is 0. The van der Waals surface area contributed by atoms with Gasteiger partial charge in [-0.3, -0.25) is 9.59 Å². The summed E-state index contributed by atoms with van der Waals surface area (Å²) in [7, 11) is 1.19. The third-order valence-corrected chi connectivity index (χ3v) is 11.2. The van der Waals surface area contributed by atoms with Gasteiger partial charge in [0.2, 0.25) is 11.8 Å². The van der Waals surface area contributed by atoms with Gasteiger partial charge in [0.15, 0.2) is 0 Å². The van der Waals surface area contributed by atoms with Crippen molar-refractivity contribution in [1.82, 2.24) is 20.9 Å². The fraction of sp³-hybridized carbons (Fsp3) is 0.160. The molecule has 0 fully saturated rings. The van der Waals surface area contributed by atoms with Gasteiger partial charge in [-0.2, -0.15) is 0 Å². The molecule has 1 aliphatic rings. The number of benzene rings is 6. The molecule has 0 unspecified atom stereocenters. The quantitative estimate of drug-likeness (QED) is 0.0656. The van der Waals surface area contributed by atoms with Crippen molar-refractivity contribution in [2.24, 2.45) is 0 Å². The van der Waals surface area contributed by atoms with E-state index in [4.69, 9.17) is 9.47 Å². The number of amides is 3. The van der Waals surface area contributed by atoms with Gasteiger partial charge in [0.05, 0.1) is 13.5 Å². The van der Waals surface area contributed by atoms with Gasteiger partial charge < -0.3 is 30.4 Å². The summed E-state index contributed by atoms with van der Waals surface area (Å²) in [6.07, 6.45) is 0.574. The molecule has 4 N–H and O–H groups in total. The van der Waals surface area contributed by atoms with E-state index in [0.717, 1.165) is 55.4 Å². The van der Waals surface area contributed by atoms with Crippen molar-refractivity contribution in [3.63, 3.8) is 0 Å². The van der Waals surface area contributed by atoms with Gasteiger partial charge in [0.25, 0.3) is 0 Å². The van der Waals surface area contributed by atoms with Gasteiger partial charge >= 0.3 is 12.1 Å². The lowest BCUT2D eigenvalue weighted by Gasteiger charge is -2.37. The molecule has 0 saturated heterocycles. The number of ether oxygens (including phenoxy) is 2. The van der Waals surface area contributed by atoms with Gasteiger partial charge in [-0.1, -0.05) is 158 Å². The number of methoxy groups -OCH3 is 1. The average Bonchev–Trinajstić information content (AvgIpc) is 3.86. The van der Waals surface area contributed by atoms with E-state index in [1.165, 1.54) is 7.11 Å². The van der Waals surface area contributed by atoms with Crippen LogP contribution in [0.1, 0.15) is 45.7 Å². The summed E-state index contributed by atoms with van der Waals surface area (Å²) in [5.41, 5.74) is 7.11. The van der Waals surface area contributed by atoms with E-state index in [2.05, 4.69) is 33.1 Å². The van der Waals surface area contributed by atoms with Crippen molar-refractivity contribution in [2.45, 2.75) is 36.4 Å². The number of carbonyl (C=O) groups excluding carboxylic acids is 4. The first kappa shape index (κ1) is 39.4. The predicted octanol–water partition coefficient (Wildman–Crippen LogP) is 7.77. The van der Waals surface area contributed by atoms with Crippen LogP contribution in [0.5, 0.6) is 0 Å². The first-order chi connectivity index (χ1) is 29.4. The fourth-order valence-electron chi connectivity index (χ4n) is 8.35. The Hall–Kier alpha value is -7.46. The summed E-state index contributed by atoms with van der Waals surface area (Å²) in [5.74, 6) is -2.24. The van der Waals surface area contributed by atoms with Gasteiger partial charge in [-0.15, -0.1) is 0 Å². The maximum absolute atomic E-state index is 14.4. The highest BCUT2D eigenvalue weighted by molar-refractivity contribution is 5.93. The lowest BCUT2D eigenvalue weighted by Crippen LogP contribution is -2.55. The van der Waals surface area contributed by atoms with Crippen LogP contribution in [0.4, 0.5) is 4.79 Å². The molecule has 1 heterocycles. The molecule has 3 amide bonds. The Bertz CT molecular complexity index is 2490. The van der Waals surface area contributed by atoms with Crippen molar-refractivity contribution in [3.8, 4) is 11.1 Å². The second kappa shape index (κ2) is 17.6. The van der Waals surface area contributed by atoms with Gasteiger partial charge in [0.1, 0.15) is 24.2 Å². The number of carbonyl (C=O) groups is 4. The second-order valence-electron chi connectivity index (χ2n) is 14.8. The molecule has 1 aliphatic carbocycles. The zero-order chi connectivity index (χ0) is 41.5. The zero-order valence-corrected chi connectivity index (χ0v) is 33.0. The van der Waals surface area contributed by atoms with Gasteiger partial charge in [0, 0.05) is 29.4 Å². The van der Waals surface area contributed by atoms with Crippen molar-refractivity contribution in [2.75, 3.05) is 13.7 Å². The number of esters is 1. The number of aromatic amines is 1. The average molecular weight is 797 g/mol. The topological polar surface area (TPSA) is 139 Å². The molecule has 7 aromatic rings. The number of alkyl carbamates (subject to hydrolysis) is 1. The first-order valence-electron chi connectivity index (χ1n) is 19.9. The summed E-state index contributed by atoms with van der Waals surface area (Å²) in [5, 5.41) is 9.62. The lowest BCUT2D eigenvalue weighted by molar-refractivity contribution is -0.147. The number of hydrogen-bond donors (Lipinski definition) is 4. The molecule has 1 aromatic heterocycles. The maximum Gasteiger partial charge on any atom is 0.407 e. The highest BCUT2D eigenvalue weighted by atomic mass is 16.5. The molecule has 10 nitrogen and oxygen atoms in total. The van der Waals surface area contributed by atoms with E-state index in [9.17, 15) is 19.2 Å². The van der Waals surface area contributed by atoms with Crippen molar-refractivity contribution in [1.29, 1.82) is 0 Å². The Labute approximate surface area is 348 Å². The number of fused-ring (bicyclic) bond motifs is 4. The molecule has 0 saturated carbocycles. The zero-order valence-electron chi connectivity index (χ0n) is 33.0. The van der Waals surface area contributed by atoms with E-state index in [-0.39, 0.29) is 18.9 Å². The Kier molecular flexibility index (Phi) is 11.5. The number of para-hydroxylation sites is 1. The minimum absolute atomic E-state index is 0.0399. The van der Waals surface area contributed by atoms with Crippen LogP contribution in [0.15, 0.2) is 170 Å². The monoisotopic (exact) mass is 796 g/mol. The van der Waals surface area contributed by atoms with Crippen molar-refractivity contribution < 1.29 is 28.7 Å². The Morgan fingerprint density at radius 1 is 0.633 bits per heavy atom. The number of aromatic nitrogens is 1. The molecule has 300 valence electrons. The first-order valence-corrected chi connectivity index (χ1v) is 19.9. The van der Waals surface area contributed by atoms with Crippen LogP contribution in [0.2, 0.25) is 0 Å². The molecule has 2 atom stereocenters. The third kappa shape index (κ3) is 8.00. The van der Waals surface area contributed by atoms with Crippen molar-refractivity contribution >= 4 is 34.8 Å². The number of H-pyrrole nitrogens is 1. The molecule has 8 rings (SSSR count). The van der Waals surface area contributed by atoms with Crippen LogP contribution < -0.4 is 16.0 Å². The van der Waals surface area contributed by atoms with Crippen molar-refractivity contribution in [3.05, 3.63) is 203 Å². The maximum atomic E-state index is 14.4. The molecular formula is C50H44N4O6. The number of hydrogen-bond acceptors (Lipinski definition) is 6. The Morgan fingerprint density at radius 3 is 1.72 bits per heavy atom. The summed E-state index contributed by atoms with van der Waals surface area (Å²) in [6.45, 7) is 0.0399. The third-order valence-electron chi connectivity index (χ3n) is 11.2.